The largest absolute Gasteiger partial charge is 0.456 e. The number of hydrogen-bond acceptors (Lipinski definition) is 4. The van der Waals surface area contributed by atoms with Crippen molar-refractivity contribution in [2.24, 2.45) is 0 Å². The van der Waals surface area contributed by atoms with E-state index in [4.69, 9.17) is 9.15 Å². The van der Waals surface area contributed by atoms with Crippen LogP contribution in [0.2, 0.25) is 0 Å². The van der Waals surface area contributed by atoms with Gasteiger partial charge in [0.2, 0.25) is 0 Å². The number of benzene rings is 8. The van der Waals surface area contributed by atoms with Crippen LogP contribution in [0.4, 0.5) is 34.1 Å². The summed E-state index contributed by atoms with van der Waals surface area (Å²) in [6.07, 6.45) is 0. The second-order valence-electron chi connectivity index (χ2n) is 13.4. The number of nitrogens with zero attached hydrogens (tertiary/aromatic N) is 3. The van der Waals surface area contributed by atoms with Crippen LogP contribution < -0.4 is 14.5 Å². The third-order valence-corrected chi connectivity index (χ3v) is 10.3. The Hall–Kier alpha value is -7.24. The van der Waals surface area contributed by atoms with Crippen molar-refractivity contribution in [3.63, 3.8) is 0 Å². The van der Waals surface area contributed by atoms with Gasteiger partial charge in [-0.3, -0.25) is 0 Å². The van der Waals surface area contributed by atoms with E-state index >= 15 is 0 Å². The van der Waals surface area contributed by atoms with E-state index in [9.17, 15) is 0 Å². The van der Waals surface area contributed by atoms with Gasteiger partial charge in [0.1, 0.15) is 11.2 Å². The van der Waals surface area contributed by atoms with Crippen molar-refractivity contribution in [3.8, 4) is 17.2 Å². The third kappa shape index (κ3) is 4.64. The van der Waals surface area contributed by atoms with E-state index < -0.39 is 0 Å². The quantitative estimate of drug-likeness (QED) is 0.181. The maximum absolute atomic E-state index is 6.68. The lowest BCUT2D eigenvalue weighted by molar-refractivity contribution is 0.477. The van der Waals surface area contributed by atoms with Gasteiger partial charge in [-0.1, -0.05) is 84.9 Å². The van der Waals surface area contributed by atoms with Gasteiger partial charge >= 0.3 is 0 Å². The summed E-state index contributed by atoms with van der Waals surface area (Å²) >= 11 is 0. The molecule has 0 amide bonds. The summed E-state index contributed by atoms with van der Waals surface area (Å²) in [5, 5.41) is 4.72. The highest BCUT2D eigenvalue weighted by molar-refractivity contribution is 6.09. The Labute approximate surface area is 305 Å². The highest BCUT2D eigenvalue weighted by atomic mass is 16.5. The molecule has 0 bridgehead atoms. The second kappa shape index (κ2) is 11.7. The summed E-state index contributed by atoms with van der Waals surface area (Å²) in [4.78, 5) is 4.54. The first-order valence-electron chi connectivity index (χ1n) is 17.8. The molecular weight excluding hydrogens is 651 g/mol. The molecule has 0 unspecified atom stereocenters. The van der Waals surface area contributed by atoms with Gasteiger partial charge < -0.3 is 23.5 Å². The lowest BCUT2D eigenvalue weighted by Crippen LogP contribution is -2.17. The van der Waals surface area contributed by atoms with Gasteiger partial charge in [0, 0.05) is 56.4 Å². The minimum atomic E-state index is 0.772. The molecule has 0 atom stereocenters. The van der Waals surface area contributed by atoms with Gasteiger partial charge in [-0.05, 0) is 91.0 Å². The summed E-state index contributed by atoms with van der Waals surface area (Å²) in [5.74, 6) is 1.57. The molecule has 5 heteroatoms. The Balaban J connectivity index is 1.03. The number of fused-ring (bicyclic) bond motifs is 8. The van der Waals surface area contributed by atoms with E-state index in [0.29, 0.717) is 0 Å². The molecule has 1 aliphatic rings. The van der Waals surface area contributed by atoms with Gasteiger partial charge in [0.15, 0.2) is 11.5 Å². The molecule has 2 aromatic heterocycles. The maximum Gasteiger partial charge on any atom is 0.153 e. The Kier molecular flexibility index (Phi) is 6.48. The van der Waals surface area contributed by atoms with E-state index in [1.165, 1.54) is 21.8 Å². The lowest BCUT2D eigenvalue weighted by Gasteiger charge is -2.34. The zero-order valence-corrected chi connectivity index (χ0v) is 28.6. The molecule has 53 heavy (non-hydrogen) atoms. The average molecular weight is 682 g/mol. The third-order valence-electron chi connectivity index (χ3n) is 10.3. The van der Waals surface area contributed by atoms with Gasteiger partial charge in [0.25, 0.3) is 0 Å². The predicted molar refractivity (Wildman–Crippen MR) is 217 cm³/mol. The Morgan fingerprint density at radius 3 is 1.75 bits per heavy atom. The standard InChI is InChI=1S/C48H31N3O2/c1-2-12-32(13-3-1)49(33-22-24-34(25-23-33)50-41-17-7-4-14-37(41)38-15-5-8-18-42(38)50)35-27-29-44-48(31-35)53-46-21-11-9-19-43(46)51(44)36-26-28-40-39-16-6-10-20-45(39)52-47(40)30-36/h1-31H. The Bertz CT molecular complexity index is 2940. The number of aromatic nitrogens is 1. The number of ether oxygens (including phenoxy) is 1. The van der Waals surface area contributed by atoms with Gasteiger partial charge in [-0.25, -0.2) is 0 Å². The van der Waals surface area contributed by atoms with E-state index in [2.05, 4.69) is 178 Å². The topological polar surface area (TPSA) is 33.8 Å². The summed E-state index contributed by atoms with van der Waals surface area (Å²) in [6, 6.07) is 65.9. The van der Waals surface area contributed by atoms with Gasteiger partial charge in [-0.2, -0.15) is 0 Å². The molecule has 0 spiro atoms. The van der Waals surface area contributed by atoms with E-state index in [1.807, 2.05) is 24.3 Å². The maximum atomic E-state index is 6.68. The van der Waals surface area contributed by atoms with E-state index in [-0.39, 0.29) is 0 Å². The second-order valence-corrected chi connectivity index (χ2v) is 13.4. The van der Waals surface area contributed by atoms with Crippen LogP contribution in [0.3, 0.4) is 0 Å². The van der Waals surface area contributed by atoms with Gasteiger partial charge in [0.05, 0.1) is 28.1 Å². The molecule has 0 radical (unpaired) electrons. The van der Waals surface area contributed by atoms with E-state index in [0.717, 1.165) is 73.2 Å². The zero-order valence-electron chi connectivity index (χ0n) is 28.6. The highest BCUT2D eigenvalue weighted by Crippen LogP contribution is 2.52. The minimum Gasteiger partial charge on any atom is -0.456 e. The summed E-state index contributed by atoms with van der Waals surface area (Å²) < 4.78 is 15.3. The molecule has 8 aromatic carbocycles. The predicted octanol–water partition coefficient (Wildman–Crippen LogP) is 13.7. The molecule has 250 valence electrons. The van der Waals surface area contributed by atoms with Crippen LogP contribution in [0.5, 0.6) is 11.5 Å². The molecule has 0 saturated carbocycles. The normalized spacial score (nSPS) is 12.3. The van der Waals surface area contributed by atoms with Crippen molar-refractivity contribution in [1.82, 2.24) is 4.57 Å². The smallest absolute Gasteiger partial charge is 0.153 e. The number of rotatable bonds is 5. The van der Waals surface area contributed by atoms with Crippen LogP contribution in [0.25, 0.3) is 49.4 Å². The fourth-order valence-electron chi connectivity index (χ4n) is 7.99. The summed E-state index contributed by atoms with van der Waals surface area (Å²) in [6.45, 7) is 0. The van der Waals surface area contributed by atoms with Crippen LogP contribution in [-0.2, 0) is 0 Å². The molecule has 10 aromatic rings. The molecule has 3 heterocycles. The molecule has 1 aliphatic heterocycles. The number of furan rings is 1. The van der Waals surface area contributed by atoms with E-state index in [1.54, 1.807) is 0 Å². The van der Waals surface area contributed by atoms with Crippen molar-refractivity contribution < 1.29 is 9.15 Å². The van der Waals surface area contributed by atoms with Crippen molar-refractivity contribution in [2.75, 3.05) is 9.80 Å². The number of hydrogen-bond donors (Lipinski definition) is 0. The SMILES string of the molecule is c1ccc(N(c2ccc(-n3c4ccccc4c4ccccc43)cc2)c2ccc3c(c2)Oc2ccccc2N3c2ccc3c(c2)oc2ccccc23)cc1. The van der Waals surface area contributed by atoms with Crippen LogP contribution in [0, 0.1) is 0 Å². The van der Waals surface area contributed by atoms with Gasteiger partial charge in [-0.15, -0.1) is 0 Å². The fourth-order valence-corrected chi connectivity index (χ4v) is 7.99. The Morgan fingerprint density at radius 1 is 0.377 bits per heavy atom. The van der Waals surface area contributed by atoms with Crippen molar-refractivity contribution in [3.05, 3.63) is 188 Å². The first kappa shape index (κ1) is 29.5. The van der Waals surface area contributed by atoms with Crippen molar-refractivity contribution in [1.29, 1.82) is 0 Å². The summed E-state index contributed by atoms with van der Waals surface area (Å²) in [7, 11) is 0. The molecule has 0 N–H and O–H groups in total. The first-order chi connectivity index (χ1) is 26.3. The molecule has 0 saturated heterocycles. The fraction of sp³-hybridized carbons (Fsp3) is 0. The molecule has 0 aliphatic carbocycles. The molecule has 0 fully saturated rings. The molecule has 5 nitrogen and oxygen atoms in total. The number of para-hydroxylation sites is 6. The monoisotopic (exact) mass is 681 g/mol. The van der Waals surface area contributed by atoms with Crippen LogP contribution >= 0.6 is 0 Å². The average Bonchev–Trinajstić information content (AvgIpc) is 3.76. The van der Waals surface area contributed by atoms with Crippen LogP contribution in [0.1, 0.15) is 0 Å². The molecular formula is C48H31N3O2. The minimum absolute atomic E-state index is 0.772. The summed E-state index contributed by atoms with van der Waals surface area (Å²) in [5.41, 5.74) is 11.3. The molecule has 11 rings (SSSR count). The number of anilines is 6. The lowest BCUT2D eigenvalue weighted by atomic mass is 10.1. The van der Waals surface area contributed by atoms with Crippen molar-refractivity contribution >= 4 is 77.9 Å². The Morgan fingerprint density at radius 2 is 0.962 bits per heavy atom. The van der Waals surface area contributed by atoms with Crippen LogP contribution in [0.15, 0.2) is 192 Å². The van der Waals surface area contributed by atoms with Crippen LogP contribution in [-0.4, -0.2) is 4.57 Å². The zero-order chi connectivity index (χ0) is 34.9. The highest BCUT2D eigenvalue weighted by Gasteiger charge is 2.28. The first-order valence-corrected chi connectivity index (χ1v) is 17.8. The van der Waals surface area contributed by atoms with Crippen molar-refractivity contribution in [2.45, 2.75) is 0 Å².